The van der Waals surface area contributed by atoms with Crippen LogP contribution >= 0.6 is 0 Å². The van der Waals surface area contributed by atoms with Gasteiger partial charge < -0.3 is 9.64 Å². The van der Waals surface area contributed by atoms with E-state index in [-0.39, 0.29) is 11.5 Å². The number of hydrogen-bond acceptors (Lipinski definition) is 4. The van der Waals surface area contributed by atoms with Crippen LogP contribution < -0.4 is 4.90 Å². The number of pyridine rings is 1. The Balaban J connectivity index is 2.00. The molecule has 126 valence electrons. The molecule has 3 rings (SSSR count). The van der Waals surface area contributed by atoms with Gasteiger partial charge in [-0.2, -0.15) is 0 Å². The van der Waals surface area contributed by atoms with Crippen molar-refractivity contribution in [1.29, 1.82) is 0 Å². The Morgan fingerprint density at radius 1 is 1.25 bits per heavy atom. The van der Waals surface area contributed by atoms with Gasteiger partial charge in [-0.25, -0.2) is 14.2 Å². The SMILES string of the molecule is COC(=O)c1ncc(N2CCC(C)CC2)cc1-c1ccc(F)cc1. The number of aromatic nitrogens is 1. The van der Waals surface area contributed by atoms with E-state index in [0.29, 0.717) is 5.56 Å². The summed E-state index contributed by atoms with van der Waals surface area (Å²) in [5.74, 6) is -0.0687. The van der Waals surface area contributed by atoms with E-state index < -0.39 is 5.97 Å². The van der Waals surface area contributed by atoms with Crippen molar-refractivity contribution >= 4 is 11.7 Å². The van der Waals surface area contributed by atoms with Crippen LogP contribution in [0.4, 0.5) is 10.1 Å². The first kappa shape index (κ1) is 16.4. The molecule has 0 saturated carbocycles. The molecule has 0 N–H and O–H groups in total. The van der Waals surface area contributed by atoms with Crippen molar-refractivity contribution in [3.63, 3.8) is 0 Å². The zero-order valence-corrected chi connectivity index (χ0v) is 14.0. The molecule has 0 aliphatic carbocycles. The average Bonchev–Trinajstić information content (AvgIpc) is 2.62. The lowest BCUT2D eigenvalue weighted by atomic mass is 9.98. The summed E-state index contributed by atoms with van der Waals surface area (Å²) in [5, 5.41) is 0. The van der Waals surface area contributed by atoms with Gasteiger partial charge in [0.15, 0.2) is 5.69 Å². The maximum atomic E-state index is 13.2. The van der Waals surface area contributed by atoms with Gasteiger partial charge in [0, 0.05) is 18.7 Å². The van der Waals surface area contributed by atoms with Crippen LogP contribution in [0, 0.1) is 11.7 Å². The maximum absolute atomic E-state index is 13.2. The van der Waals surface area contributed by atoms with Crippen molar-refractivity contribution in [1.82, 2.24) is 4.98 Å². The second-order valence-electron chi connectivity index (χ2n) is 6.26. The van der Waals surface area contributed by atoms with E-state index in [9.17, 15) is 9.18 Å². The number of rotatable bonds is 3. The highest BCUT2D eigenvalue weighted by Gasteiger charge is 2.20. The molecular formula is C19H21FN2O2. The number of piperidine rings is 1. The number of halogens is 1. The normalized spacial score (nSPS) is 15.4. The van der Waals surface area contributed by atoms with Crippen LogP contribution in [0.5, 0.6) is 0 Å². The molecule has 2 heterocycles. The topological polar surface area (TPSA) is 42.4 Å². The maximum Gasteiger partial charge on any atom is 0.357 e. The minimum atomic E-state index is -0.492. The van der Waals surface area contributed by atoms with E-state index in [1.165, 1.54) is 19.2 Å². The third-order valence-electron chi connectivity index (χ3n) is 4.56. The minimum Gasteiger partial charge on any atom is -0.464 e. The molecule has 1 fully saturated rings. The van der Waals surface area contributed by atoms with Crippen LogP contribution in [0.2, 0.25) is 0 Å². The van der Waals surface area contributed by atoms with Gasteiger partial charge in [0.05, 0.1) is 19.0 Å². The zero-order chi connectivity index (χ0) is 17.1. The molecule has 4 nitrogen and oxygen atoms in total. The van der Waals surface area contributed by atoms with Gasteiger partial charge >= 0.3 is 5.97 Å². The summed E-state index contributed by atoms with van der Waals surface area (Å²) >= 11 is 0. The van der Waals surface area contributed by atoms with Crippen molar-refractivity contribution in [3.8, 4) is 11.1 Å². The number of nitrogens with zero attached hydrogens (tertiary/aromatic N) is 2. The van der Waals surface area contributed by atoms with Gasteiger partial charge in [0.25, 0.3) is 0 Å². The van der Waals surface area contributed by atoms with E-state index in [1.54, 1.807) is 18.3 Å². The van der Waals surface area contributed by atoms with Gasteiger partial charge in [0.2, 0.25) is 0 Å². The molecular weight excluding hydrogens is 307 g/mol. The summed E-state index contributed by atoms with van der Waals surface area (Å²) in [7, 11) is 1.33. The van der Waals surface area contributed by atoms with Gasteiger partial charge in [-0.15, -0.1) is 0 Å². The van der Waals surface area contributed by atoms with E-state index in [4.69, 9.17) is 4.74 Å². The Morgan fingerprint density at radius 3 is 2.54 bits per heavy atom. The van der Waals surface area contributed by atoms with Crippen molar-refractivity contribution < 1.29 is 13.9 Å². The predicted octanol–water partition coefficient (Wildman–Crippen LogP) is 3.91. The molecule has 0 radical (unpaired) electrons. The lowest BCUT2D eigenvalue weighted by molar-refractivity contribution is 0.0595. The van der Waals surface area contributed by atoms with E-state index in [0.717, 1.165) is 43.1 Å². The quantitative estimate of drug-likeness (QED) is 0.801. The van der Waals surface area contributed by atoms with Crippen LogP contribution in [0.15, 0.2) is 36.5 Å². The molecule has 1 aromatic carbocycles. The lowest BCUT2D eigenvalue weighted by Gasteiger charge is -2.32. The number of esters is 1. The van der Waals surface area contributed by atoms with Gasteiger partial charge in [-0.3, -0.25) is 0 Å². The smallest absolute Gasteiger partial charge is 0.357 e. The van der Waals surface area contributed by atoms with Crippen molar-refractivity contribution in [3.05, 3.63) is 48.0 Å². The van der Waals surface area contributed by atoms with Crippen LogP contribution in [-0.4, -0.2) is 31.2 Å². The Morgan fingerprint density at radius 2 is 1.92 bits per heavy atom. The monoisotopic (exact) mass is 328 g/mol. The Bertz CT molecular complexity index is 723. The fourth-order valence-corrected chi connectivity index (χ4v) is 3.00. The number of hydrogen-bond donors (Lipinski definition) is 0. The zero-order valence-electron chi connectivity index (χ0n) is 14.0. The van der Waals surface area contributed by atoms with Crippen LogP contribution in [0.25, 0.3) is 11.1 Å². The summed E-state index contributed by atoms with van der Waals surface area (Å²) < 4.78 is 18.1. The molecule has 0 bridgehead atoms. The van der Waals surface area contributed by atoms with Crippen molar-refractivity contribution in [2.45, 2.75) is 19.8 Å². The number of anilines is 1. The molecule has 0 atom stereocenters. The Labute approximate surface area is 141 Å². The number of carbonyl (C=O) groups excluding carboxylic acids is 1. The molecule has 1 aliphatic heterocycles. The Kier molecular flexibility index (Phi) is 4.79. The summed E-state index contributed by atoms with van der Waals surface area (Å²) in [6, 6.07) is 8.02. The largest absolute Gasteiger partial charge is 0.464 e. The van der Waals surface area contributed by atoms with E-state index >= 15 is 0 Å². The third-order valence-corrected chi connectivity index (χ3v) is 4.56. The summed E-state index contributed by atoms with van der Waals surface area (Å²) in [4.78, 5) is 18.6. The van der Waals surface area contributed by atoms with Crippen LogP contribution in [0.3, 0.4) is 0 Å². The van der Waals surface area contributed by atoms with Gasteiger partial charge in [-0.1, -0.05) is 19.1 Å². The number of methoxy groups -OCH3 is 1. The molecule has 5 heteroatoms. The highest BCUT2D eigenvalue weighted by atomic mass is 19.1. The third kappa shape index (κ3) is 3.40. The minimum absolute atomic E-state index is 0.248. The molecule has 1 aromatic heterocycles. The molecule has 1 saturated heterocycles. The number of carbonyl (C=O) groups is 1. The summed E-state index contributed by atoms with van der Waals surface area (Å²) in [6.07, 6.45) is 4.00. The number of ether oxygens (including phenoxy) is 1. The average molecular weight is 328 g/mol. The molecule has 0 unspecified atom stereocenters. The molecule has 1 aliphatic rings. The number of benzene rings is 1. The van der Waals surface area contributed by atoms with Gasteiger partial charge in [-0.05, 0) is 42.5 Å². The second kappa shape index (κ2) is 6.99. The fraction of sp³-hybridized carbons (Fsp3) is 0.368. The van der Waals surface area contributed by atoms with Crippen LogP contribution in [-0.2, 0) is 4.74 Å². The molecule has 0 spiro atoms. The van der Waals surface area contributed by atoms with E-state index in [1.807, 2.05) is 6.07 Å². The molecule has 2 aromatic rings. The summed E-state index contributed by atoms with van der Waals surface area (Å²) in [5.41, 5.74) is 2.64. The Hall–Kier alpha value is -2.43. The van der Waals surface area contributed by atoms with E-state index in [2.05, 4.69) is 16.8 Å². The summed E-state index contributed by atoms with van der Waals surface area (Å²) in [6.45, 7) is 4.21. The first-order valence-electron chi connectivity index (χ1n) is 8.17. The second-order valence-corrected chi connectivity index (χ2v) is 6.26. The van der Waals surface area contributed by atoms with Crippen molar-refractivity contribution in [2.75, 3.05) is 25.1 Å². The first-order valence-corrected chi connectivity index (χ1v) is 8.17. The standard InChI is InChI=1S/C19H21FN2O2/c1-13-7-9-22(10-8-13)16-11-17(14-3-5-15(20)6-4-14)18(21-12-16)19(23)24-2/h3-6,11-13H,7-10H2,1-2H3. The molecule has 24 heavy (non-hydrogen) atoms. The van der Waals surface area contributed by atoms with Crippen molar-refractivity contribution in [2.24, 2.45) is 5.92 Å². The molecule has 0 amide bonds. The predicted molar refractivity (Wildman–Crippen MR) is 91.6 cm³/mol. The van der Waals surface area contributed by atoms with Crippen LogP contribution in [0.1, 0.15) is 30.3 Å². The highest BCUT2D eigenvalue weighted by Crippen LogP contribution is 2.30. The van der Waals surface area contributed by atoms with Gasteiger partial charge in [0.1, 0.15) is 5.82 Å². The highest BCUT2D eigenvalue weighted by molar-refractivity contribution is 5.95. The fourth-order valence-electron chi connectivity index (χ4n) is 3.00. The lowest BCUT2D eigenvalue weighted by Crippen LogP contribution is -2.32. The first-order chi connectivity index (χ1) is 11.6.